The van der Waals surface area contributed by atoms with Gasteiger partial charge in [-0.1, -0.05) is 41.4 Å². The van der Waals surface area contributed by atoms with Gasteiger partial charge < -0.3 is 0 Å². The topological polar surface area (TPSA) is 43.1 Å². The first-order valence-electron chi connectivity index (χ1n) is 6.06. The van der Waals surface area contributed by atoms with Crippen LogP contribution in [0.5, 0.6) is 0 Å². The number of hydrogen-bond donors (Lipinski definition) is 0. The summed E-state index contributed by atoms with van der Waals surface area (Å²) in [6.07, 6.45) is 0.729. The van der Waals surface area contributed by atoms with Crippen molar-refractivity contribution in [1.82, 2.24) is 19.6 Å². The molecule has 2 heterocycles. The highest BCUT2D eigenvalue weighted by Crippen LogP contribution is 2.15. The van der Waals surface area contributed by atoms with E-state index in [-0.39, 0.29) is 0 Å². The molecular formula is C14H13ClN4. The Morgan fingerprint density at radius 2 is 2.00 bits per heavy atom. The highest BCUT2D eigenvalue weighted by atomic mass is 35.5. The molecule has 3 aromatic rings. The molecule has 0 radical (unpaired) electrons. The minimum atomic E-state index is 0.444. The Morgan fingerprint density at radius 1 is 1.16 bits per heavy atom. The molecule has 0 unspecified atom stereocenters. The number of halogens is 1. The van der Waals surface area contributed by atoms with E-state index >= 15 is 0 Å². The molecular weight excluding hydrogens is 260 g/mol. The van der Waals surface area contributed by atoms with Crippen LogP contribution in [0.4, 0.5) is 0 Å². The minimum absolute atomic E-state index is 0.444. The predicted octanol–water partition coefficient (Wildman–Crippen LogP) is 2.99. The van der Waals surface area contributed by atoms with Crippen molar-refractivity contribution in [2.75, 3.05) is 0 Å². The lowest BCUT2D eigenvalue weighted by Gasteiger charge is -2.04. The van der Waals surface area contributed by atoms with Crippen molar-refractivity contribution in [2.45, 2.75) is 20.3 Å². The molecule has 5 heteroatoms. The maximum Gasteiger partial charge on any atom is 0.165 e. The standard InChI is InChI=1S/C14H13ClN4/c1-9-4-3-5-11(6-9)7-13-17-18-14-8-12(15)16-10(2)19(13)14/h3-6,8H,7H2,1-2H3. The number of aryl methyl sites for hydroxylation is 2. The normalized spacial score (nSPS) is 11.1. The van der Waals surface area contributed by atoms with Crippen LogP contribution in [-0.4, -0.2) is 19.6 Å². The first kappa shape index (κ1) is 12.1. The third kappa shape index (κ3) is 2.31. The van der Waals surface area contributed by atoms with E-state index in [2.05, 4.69) is 46.4 Å². The summed E-state index contributed by atoms with van der Waals surface area (Å²) in [5.74, 6) is 1.68. The summed E-state index contributed by atoms with van der Waals surface area (Å²) in [6, 6.07) is 10.1. The van der Waals surface area contributed by atoms with Gasteiger partial charge in [-0.25, -0.2) is 4.98 Å². The van der Waals surface area contributed by atoms with Crippen LogP contribution in [0, 0.1) is 13.8 Å². The molecule has 0 aliphatic rings. The van der Waals surface area contributed by atoms with Gasteiger partial charge in [-0.3, -0.25) is 4.40 Å². The van der Waals surface area contributed by atoms with Crippen molar-refractivity contribution < 1.29 is 0 Å². The molecule has 0 atom stereocenters. The van der Waals surface area contributed by atoms with Gasteiger partial charge in [-0.2, -0.15) is 0 Å². The molecule has 0 aliphatic carbocycles. The number of aromatic nitrogens is 4. The summed E-state index contributed by atoms with van der Waals surface area (Å²) >= 11 is 5.92. The van der Waals surface area contributed by atoms with Crippen molar-refractivity contribution >= 4 is 17.2 Å². The van der Waals surface area contributed by atoms with Crippen LogP contribution in [0.3, 0.4) is 0 Å². The molecule has 2 aromatic heterocycles. The Bertz CT molecular complexity index is 748. The van der Waals surface area contributed by atoms with E-state index in [1.54, 1.807) is 6.07 Å². The van der Waals surface area contributed by atoms with Gasteiger partial charge >= 0.3 is 0 Å². The predicted molar refractivity (Wildman–Crippen MR) is 74.5 cm³/mol. The van der Waals surface area contributed by atoms with Gasteiger partial charge in [-0.05, 0) is 19.4 Å². The molecule has 96 valence electrons. The van der Waals surface area contributed by atoms with E-state index in [4.69, 9.17) is 11.6 Å². The van der Waals surface area contributed by atoms with E-state index in [9.17, 15) is 0 Å². The van der Waals surface area contributed by atoms with Crippen LogP contribution in [-0.2, 0) is 6.42 Å². The maximum atomic E-state index is 5.92. The zero-order valence-corrected chi connectivity index (χ0v) is 11.5. The molecule has 0 amide bonds. The smallest absolute Gasteiger partial charge is 0.165 e. The molecule has 0 saturated carbocycles. The largest absolute Gasteiger partial charge is 0.266 e. The molecule has 0 spiro atoms. The van der Waals surface area contributed by atoms with Crippen LogP contribution in [0.2, 0.25) is 5.15 Å². The summed E-state index contributed by atoms with van der Waals surface area (Å²) in [6.45, 7) is 3.99. The Kier molecular flexibility index (Phi) is 2.95. The first-order chi connectivity index (χ1) is 9.13. The second-order valence-corrected chi connectivity index (χ2v) is 4.99. The Hall–Kier alpha value is -1.94. The fraction of sp³-hybridized carbons (Fsp3) is 0.214. The van der Waals surface area contributed by atoms with E-state index in [1.807, 2.05) is 11.3 Å². The minimum Gasteiger partial charge on any atom is -0.266 e. The monoisotopic (exact) mass is 272 g/mol. The van der Waals surface area contributed by atoms with Crippen molar-refractivity contribution in [3.8, 4) is 0 Å². The lowest BCUT2D eigenvalue weighted by molar-refractivity contribution is 0.884. The van der Waals surface area contributed by atoms with Gasteiger partial charge in [0.15, 0.2) is 5.65 Å². The zero-order chi connectivity index (χ0) is 13.4. The number of benzene rings is 1. The van der Waals surface area contributed by atoms with Crippen LogP contribution in [0.1, 0.15) is 22.8 Å². The lowest BCUT2D eigenvalue weighted by atomic mass is 10.1. The molecule has 0 N–H and O–H groups in total. The lowest BCUT2D eigenvalue weighted by Crippen LogP contribution is -2.02. The molecule has 4 nitrogen and oxygen atoms in total. The molecule has 0 aliphatic heterocycles. The zero-order valence-electron chi connectivity index (χ0n) is 10.8. The van der Waals surface area contributed by atoms with Crippen LogP contribution >= 0.6 is 11.6 Å². The second kappa shape index (κ2) is 4.63. The summed E-state index contributed by atoms with van der Waals surface area (Å²) in [5, 5.41) is 8.83. The Labute approximate surface area is 116 Å². The first-order valence-corrected chi connectivity index (χ1v) is 6.44. The second-order valence-electron chi connectivity index (χ2n) is 4.60. The van der Waals surface area contributed by atoms with Crippen LogP contribution < -0.4 is 0 Å². The van der Waals surface area contributed by atoms with Gasteiger partial charge in [0, 0.05) is 12.5 Å². The molecule has 0 saturated heterocycles. The SMILES string of the molecule is Cc1cccc(Cc2nnc3cc(Cl)nc(C)n23)c1. The van der Waals surface area contributed by atoms with Crippen molar-refractivity contribution in [1.29, 1.82) is 0 Å². The highest BCUT2D eigenvalue weighted by molar-refractivity contribution is 6.29. The molecule has 19 heavy (non-hydrogen) atoms. The fourth-order valence-corrected chi connectivity index (χ4v) is 2.46. The van der Waals surface area contributed by atoms with Gasteiger partial charge in [-0.15, -0.1) is 10.2 Å². The number of hydrogen-bond acceptors (Lipinski definition) is 3. The van der Waals surface area contributed by atoms with Crippen LogP contribution in [0.25, 0.3) is 5.65 Å². The number of fused-ring (bicyclic) bond motifs is 1. The average molecular weight is 273 g/mol. The summed E-state index contributed by atoms with van der Waals surface area (Å²) in [7, 11) is 0. The Balaban J connectivity index is 2.06. The van der Waals surface area contributed by atoms with Crippen LogP contribution in [0.15, 0.2) is 30.3 Å². The number of nitrogens with zero attached hydrogens (tertiary/aromatic N) is 4. The third-order valence-corrected chi connectivity index (χ3v) is 3.23. The van der Waals surface area contributed by atoms with Crippen molar-refractivity contribution in [2.24, 2.45) is 0 Å². The summed E-state index contributed by atoms with van der Waals surface area (Å²) < 4.78 is 1.94. The van der Waals surface area contributed by atoms with E-state index in [1.165, 1.54) is 11.1 Å². The molecule has 3 rings (SSSR count). The van der Waals surface area contributed by atoms with E-state index in [0.29, 0.717) is 5.15 Å². The molecule has 1 aromatic carbocycles. The third-order valence-electron chi connectivity index (χ3n) is 3.04. The number of rotatable bonds is 2. The average Bonchev–Trinajstić information content (AvgIpc) is 2.72. The van der Waals surface area contributed by atoms with Crippen molar-refractivity contribution in [3.05, 3.63) is 58.3 Å². The highest BCUT2D eigenvalue weighted by Gasteiger charge is 2.10. The van der Waals surface area contributed by atoms with E-state index < -0.39 is 0 Å². The van der Waals surface area contributed by atoms with Gasteiger partial charge in [0.05, 0.1) is 0 Å². The summed E-state index contributed by atoms with van der Waals surface area (Å²) in [5.41, 5.74) is 3.19. The summed E-state index contributed by atoms with van der Waals surface area (Å²) in [4.78, 5) is 4.24. The quantitative estimate of drug-likeness (QED) is 0.674. The van der Waals surface area contributed by atoms with Gasteiger partial charge in [0.25, 0.3) is 0 Å². The maximum absolute atomic E-state index is 5.92. The van der Waals surface area contributed by atoms with Gasteiger partial charge in [0.1, 0.15) is 16.8 Å². The van der Waals surface area contributed by atoms with Gasteiger partial charge in [0.2, 0.25) is 0 Å². The fourth-order valence-electron chi connectivity index (χ4n) is 2.24. The van der Waals surface area contributed by atoms with E-state index in [0.717, 1.165) is 23.7 Å². The van der Waals surface area contributed by atoms with Crippen molar-refractivity contribution in [3.63, 3.8) is 0 Å². The molecule has 0 bridgehead atoms. The molecule has 0 fully saturated rings. The Morgan fingerprint density at radius 3 is 2.79 bits per heavy atom.